The van der Waals surface area contributed by atoms with Crippen molar-refractivity contribution in [1.82, 2.24) is 15.1 Å². The molecule has 1 N–H and O–H groups in total. The Bertz CT molecular complexity index is 1130. The van der Waals surface area contributed by atoms with Gasteiger partial charge in [-0.1, -0.05) is 203 Å². The van der Waals surface area contributed by atoms with E-state index in [-0.39, 0.29) is 23.8 Å². The van der Waals surface area contributed by atoms with E-state index in [1.54, 1.807) is 0 Å². The molecule has 0 aliphatic rings. The van der Waals surface area contributed by atoms with Crippen LogP contribution in [0.25, 0.3) is 0 Å². The topological polar surface area (TPSA) is 105 Å². The molecule has 9 heteroatoms. The molecule has 3 atom stereocenters. The molecule has 0 saturated carbocycles. The number of unbranched alkanes of at least 4 members (excludes halogenated alkanes) is 21. The number of ether oxygens (including phenoxy) is 2. The van der Waals surface area contributed by atoms with Crippen LogP contribution in [-0.4, -0.2) is 85.5 Å². The molecule has 67 heavy (non-hydrogen) atoms. The van der Waals surface area contributed by atoms with Crippen molar-refractivity contribution in [3.8, 4) is 0 Å². The van der Waals surface area contributed by atoms with E-state index in [0.29, 0.717) is 63.8 Å². The number of hydrogen-bond acceptors (Lipinski definition) is 7. The highest BCUT2D eigenvalue weighted by molar-refractivity contribution is 5.87. The fourth-order valence-electron chi connectivity index (χ4n) is 9.46. The highest BCUT2D eigenvalue weighted by Crippen LogP contribution is 2.21. The molecular weight excluding hydrogens is 835 g/mol. The number of hydrogen-bond donors (Lipinski definition) is 1. The molecule has 0 aromatic heterocycles. The van der Waals surface area contributed by atoms with E-state index in [1.807, 2.05) is 4.90 Å². The second-order valence-electron chi connectivity index (χ2n) is 20.2. The second-order valence-corrected chi connectivity index (χ2v) is 20.2. The summed E-state index contributed by atoms with van der Waals surface area (Å²) in [7, 11) is 0. The summed E-state index contributed by atoms with van der Waals surface area (Å²) in [6.07, 6.45) is 38.5. The van der Waals surface area contributed by atoms with E-state index in [1.165, 1.54) is 89.9 Å². The molecule has 0 fully saturated rings. The average molecular weight is 949 g/mol. The molecule has 0 rings (SSSR count). The number of esters is 2. The minimum Gasteiger partial charge on any atom is -0.465 e. The Morgan fingerprint density at radius 2 is 0.821 bits per heavy atom. The third kappa shape index (κ3) is 39.3. The van der Waals surface area contributed by atoms with Crippen LogP contribution >= 0.6 is 0 Å². The molecule has 0 aromatic rings. The van der Waals surface area contributed by atoms with Crippen LogP contribution < -0.4 is 5.32 Å². The molecular formula is C58H113N3O6. The first-order chi connectivity index (χ1) is 32.7. The quantitative estimate of drug-likeness (QED) is 0.0478. The second kappa shape index (κ2) is 48.8. The summed E-state index contributed by atoms with van der Waals surface area (Å²) in [5, 5.41) is 3.27. The zero-order chi connectivity index (χ0) is 49.4. The van der Waals surface area contributed by atoms with Crippen molar-refractivity contribution in [3.63, 3.8) is 0 Å². The van der Waals surface area contributed by atoms with Gasteiger partial charge in [0.2, 0.25) is 11.8 Å². The summed E-state index contributed by atoms with van der Waals surface area (Å²) < 4.78 is 11.5. The molecule has 0 aromatic carbocycles. The number of carbonyl (C=O) groups is 4. The van der Waals surface area contributed by atoms with Gasteiger partial charge >= 0.3 is 11.9 Å². The Hall–Kier alpha value is -2.16. The van der Waals surface area contributed by atoms with Crippen molar-refractivity contribution in [3.05, 3.63) is 0 Å². The molecule has 2 amide bonds. The van der Waals surface area contributed by atoms with Crippen molar-refractivity contribution in [2.24, 2.45) is 11.8 Å². The van der Waals surface area contributed by atoms with Gasteiger partial charge in [-0.25, -0.2) is 0 Å². The zero-order valence-corrected chi connectivity index (χ0v) is 45.7. The number of nitrogens with one attached hydrogen (secondary N) is 1. The maximum Gasteiger partial charge on any atom is 0.305 e. The predicted molar refractivity (Wildman–Crippen MR) is 284 cm³/mol. The van der Waals surface area contributed by atoms with E-state index < -0.39 is 6.04 Å². The highest BCUT2D eigenvalue weighted by Gasteiger charge is 2.29. The molecule has 9 nitrogen and oxygen atoms in total. The third-order valence-electron chi connectivity index (χ3n) is 14.0. The van der Waals surface area contributed by atoms with Gasteiger partial charge in [0.15, 0.2) is 0 Å². The summed E-state index contributed by atoms with van der Waals surface area (Å²) in [6.45, 7) is 20.8. The zero-order valence-electron chi connectivity index (χ0n) is 45.7. The molecule has 0 saturated heterocycles. The van der Waals surface area contributed by atoms with Gasteiger partial charge in [0, 0.05) is 32.4 Å². The Morgan fingerprint density at radius 1 is 0.403 bits per heavy atom. The number of carbonyl (C=O) groups excluding carboxylic acids is 4. The van der Waals surface area contributed by atoms with Crippen molar-refractivity contribution in [2.75, 3.05) is 45.9 Å². The largest absolute Gasteiger partial charge is 0.465 e. The molecule has 0 bridgehead atoms. The summed E-state index contributed by atoms with van der Waals surface area (Å²) in [5.74, 6) is 0.956. The minimum absolute atomic E-state index is 0.00675. The molecule has 0 heterocycles. The Morgan fingerprint density at radius 3 is 1.36 bits per heavy atom. The van der Waals surface area contributed by atoms with E-state index in [2.05, 4.69) is 58.7 Å². The van der Waals surface area contributed by atoms with Crippen molar-refractivity contribution in [1.29, 1.82) is 0 Å². The Balaban J connectivity index is 5.26. The van der Waals surface area contributed by atoms with Crippen LogP contribution in [0.3, 0.4) is 0 Å². The SMILES string of the molecule is CCCCCCCCCNC(=O)C(CCCCCCCCC(=O)OCC(CCC)CCCCC)N(CCCN(CC)CC)C(=O)CCCCCCCC(=O)OCC(CCCC)CCCCCC. The highest BCUT2D eigenvalue weighted by atomic mass is 16.5. The lowest BCUT2D eigenvalue weighted by Crippen LogP contribution is -2.50. The van der Waals surface area contributed by atoms with Crippen LogP contribution in [0.2, 0.25) is 0 Å². The van der Waals surface area contributed by atoms with Crippen LogP contribution in [0.15, 0.2) is 0 Å². The van der Waals surface area contributed by atoms with Gasteiger partial charge in [0.05, 0.1) is 13.2 Å². The lowest BCUT2D eigenvalue weighted by atomic mass is 9.96. The Kier molecular flexibility index (Phi) is 47.3. The van der Waals surface area contributed by atoms with Gasteiger partial charge in [-0.05, 0) is 95.7 Å². The fraction of sp³-hybridized carbons (Fsp3) is 0.931. The monoisotopic (exact) mass is 948 g/mol. The van der Waals surface area contributed by atoms with Crippen LogP contribution in [0.4, 0.5) is 0 Å². The summed E-state index contributed by atoms with van der Waals surface area (Å²) in [5.41, 5.74) is 0. The number of rotatable bonds is 51. The van der Waals surface area contributed by atoms with E-state index in [4.69, 9.17) is 9.47 Å². The first kappa shape index (κ1) is 64.8. The molecule has 396 valence electrons. The smallest absolute Gasteiger partial charge is 0.305 e. The minimum atomic E-state index is -0.453. The molecule has 0 aliphatic heterocycles. The van der Waals surface area contributed by atoms with Crippen LogP contribution in [0.5, 0.6) is 0 Å². The van der Waals surface area contributed by atoms with E-state index in [0.717, 1.165) is 142 Å². The van der Waals surface area contributed by atoms with Gasteiger partial charge < -0.3 is 24.6 Å². The van der Waals surface area contributed by atoms with E-state index in [9.17, 15) is 19.2 Å². The number of amides is 2. The summed E-state index contributed by atoms with van der Waals surface area (Å²) >= 11 is 0. The van der Waals surface area contributed by atoms with Crippen molar-refractivity contribution in [2.45, 2.75) is 292 Å². The number of nitrogens with zero attached hydrogens (tertiary/aromatic N) is 2. The van der Waals surface area contributed by atoms with Gasteiger partial charge in [-0.15, -0.1) is 0 Å². The molecule has 0 radical (unpaired) electrons. The van der Waals surface area contributed by atoms with Crippen molar-refractivity contribution >= 4 is 23.8 Å². The van der Waals surface area contributed by atoms with E-state index >= 15 is 0 Å². The fourth-order valence-corrected chi connectivity index (χ4v) is 9.46. The van der Waals surface area contributed by atoms with Gasteiger partial charge in [0.25, 0.3) is 0 Å². The summed E-state index contributed by atoms with van der Waals surface area (Å²) in [6, 6.07) is -0.453. The van der Waals surface area contributed by atoms with Crippen molar-refractivity contribution < 1.29 is 28.7 Å². The predicted octanol–water partition coefficient (Wildman–Crippen LogP) is 15.5. The standard InChI is InChI=1S/C58H113N3O6/c1-8-15-19-21-24-30-37-47-59-58(65)54(43-33-26-22-23-28-35-45-56(63)66-50-52(39-12-5)41-31-17-10-3)61(49-38-48-60(13-6)14-7)55(62)44-34-27-25-29-36-46-57(64)67-51-53(40-18-11-4)42-32-20-16-9-2/h52-54H,8-51H2,1-7H3,(H,59,65). The van der Waals surface area contributed by atoms with Gasteiger partial charge in [-0.2, -0.15) is 0 Å². The lowest BCUT2D eigenvalue weighted by Gasteiger charge is -2.32. The normalized spacial score (nSPS) is 12.8. The lowest BCUT2D eigenvalue weighted by molar-refractivity contribution is -0.146. The molecule has 0 spiro atoms. The first-order valence-electron chi connectivity index (χ1n) is 29.3. The first-order valence-corrected chi connectivity index (χ1v) is 29.3. The third-order valence-corrected chi connectivity index (χ3v) is 14.0. The van der Waals surface area contributed by atoms with Crippen LogP contribution in [-0.2, 0) is 28.7 Å². The van der Waals surface area contributed by atoms with Gasteiger partial charge in [-0.3, -0.25) is 19.2 Å². The molecule has 0 aliphatic carbocycles. The average Bonchev–Trinajstić information content (AvgIpc) is 3.33. The van der Waals surface area contributed by atoms with Crippen LogP contribution in [0, 0.1) is 11.8 Å². The van der Waals surface area contributed by atoms with Crippen LogP contribution in [0.1, 0.15) is 286 Å². The molecule has 3 unspecified atom stereocenters. The van der Waals surface area contributed by atoms with Gasteiger partial charge in [0.1, 0.15) is 6.04 Å². The maximum absolute atomic E-state index is 14.1. The summed E-state index contributed by atoms with van der Waals surface area (Å²) in [4.78, 5) is 57.7. The Labute approximate surface area is 415 Å². The maximum atomic E-state index is 14.1.